The van der Waals surface area contributed by atoms with Gasteiger partial charge >= 0.3 is 11.8 Å². The maximum Gasteiger partial charge on any atom is 0.329 e. The number of carbonyl (C=O) groups excluding carboxylic acids is 2. The fraction of sp³-hybridized carbons (Fsp3) is 0.0625. The molecule has 0 aliphatic carbocycles. The molecule has 0 atom stereocenters. The Labute approximate surface area is 142 Å². The first-order valence-corrected chi connectivity index (χ1v) is 7.15. The molecule has 0 aromatic heterocycles. The van der Waals surface area contributed by atoms with Crippen molar-refractivity contribution in [2.24, 2.45) is 5.10 Å². The van der Waals surface area contributed by atoms with Gasteiger partial charge in [-0.25, -0.2) is 5.43 Å². The van der Waals surface area contributed by atoms with Crippen molar-refractivity contribution in [2.45, 2.75) is 0 Å². The summed E-state index contributed by atoms with van der Waals surface area (Å²) in [5.41, 5.74) is 2.72. The lowest BCUT2D eigenvalue weighted by Crippen LogP contribution is -2.32. The molecular formula is C16H14ClN3O4. The van der Waals surface area contributed by atoms with Crippen molar-refractivity contribution < 1.29 is 19.4 Å². The van der Waals surface area contributed by atoms with E-state index >= 15 is 0 Å². The van der Waals surface area contributed by atoms with Gasteiger partial charge in [0.1, 0.15) is 11.5 Å². The van der Waals surface area contributed by atoms with Crippen molar-refractivity contribution in [3.05, 3.63) is 53.1 Å². The molecule has 0 unspecified atom stereocenters. The summed E-state index contributed by atoms with van der Waals surface area (Å²) in [6, 6.07) is 11.0. The number of hydrogen-bond donors (Lipinski definition) is 3. The number of rotatable bonds is 4. The fourth-order valence-electron chi connectivity index (χ4n) is 1.77. The molecular weight excluding hydrogens is 334 g/mol. The molecule has 3 N–H and O–H groups in total. The Morgan fingerprint density at radius 3 is 2.71 bits per heavy atom. The second-order valence-electron chi connectivity index (χ2n) is 4.56. The van der Waals surface area contributed by atoms with Crippen molar-refractivity contribution in [3.63, 3.8) is 0 Å². The lowest BCUT2D eigenvalue weighted by Gasteiger charge is -2.08. The number of para-hydroxylation sites is 2. The molecule has 0 radical (unpaired) electrons. The topological polar surface area (TPSA) is 100 Å². The average molecular weight is 348 g/mol. The van der Waals surface area contributed by atoms with Gasteiger partial charge in [-0.05, 0) is 30.3 Å². The van der Waals surface area contributed by atoms with Crippen LogP contribution in [-0.4, -0.2) is 30.2 Å². The number of amides is 2. The first kappa shape index (κ1) is 17.3. The number of anilines is 1. The number of aromatic hydroxyl groups is 1. The van der Waals surface area contributed by atoms with Crippen LogP contribution in [0, 0.1) is 0 Å². The second-order valence-corrected chi connectivity index (χ2v) is 4.99. The van der Waals surface area contributed by atoms with Crippen LogP contribution in [0.1, 0.15) is 5.56 Å². The van der Waals surface area contributed by atoms with E-state index in [-0.39, 0.29) is 5.75 Å². The molecule has 124 valence electrons. The summed E-state index contributed by atoms with van der Waals surface area (Å²) in [5, 5.41) is 16.0. The molecule has 0 saturated heterocycles. The Bertz CT molecular complexity index is 793. The number of carbonyl (C=O) groups is 2. The van der Waals surface area contributed by atoms with E-state index < -0.39 is 11.8 Å². The van der Waals surface area contributed by atoms with Crippen LogP contribution in [0.3, 0.4) is 0 Å². The van der Waals surface area contributed by atoms with E-state index in [1.807, 2.05) is 0 Å². The van der Waals surface area contributed by atoms with Crippen LogP contribution in [0.15, 0.2) is 47.6 Å². The summed E-state index contributed by atoms with van der Waals surface area (Å²) in [5.74, 6) is -1.52. The van der Waals surface area contributed by atoms with Gasteiger partial charge in [-0.15, -0.1) is 0 Å². The van der Waals surface area contributed by atoms with E-state index in [9.17, 15) is 14.7 Å². The highest BCUT2D eigenvalue weighted by Crippen LogP contribution is 2.22. The normalized spacial score (nSPS) is 10.4. The minimum atomic E-state index is -0.973. The highest BCUT2D eigenvalue weighted by molar-refractivity contribution is 6.39. The maximum atomic E-state index is 11.8. The molecule has 0 fully saturated rings. The van der Waals surface area contributed by atoms with E-state index in [0.717, 1.165) is 0 Å². The zero-order valence-electron chi connectivity index (χ0n) is 12.6. The van der Waals surface area contributed by atoms with Gasteiger partial charge in [0.2, 0.25) is 0 Å². The van der Waals surface area contributed by atoms with Gasteiger partial charge in [0, 0.05) is 10.6 Å². The number of nitrogens with one attached hydrogen (secondary N) is 2. The number of nitrogens with zero attached hydrogens (tertiary/aromatic N) is 1. The van der Waals surface area contributed by atoms with E-state index in [4.69, 9.17) is 16.3 Å². The Morgan fingerprint density at radius 2 is 1.96 bits per heavy atom. The average Bonchev–Trinajstić information content (AvgIpc) is 2.58. The van der Waals surface area contributed by atoms with Crippen LogP contribution in [0.2, 0.25) is 5.02 Å². The number of hydrogen-bond acceptors (Lipinski definition) is 5. The first-order valence-electron chi connectivity index (χ1n) is 6.77. The molecule has 0 aliphatic heterocycles. The van der Waals surface area contributed by atoms with E-state index in [1.165, 1.54) is 31.5 Å². The monoisotopic (exact) mass is 347 g/mol. The van der Waals surface area contributed by atoms with Gasteiger partial charge in [0.25, 0.3) is 0 Å². The molecule has 0 heterocycles. The smallest absolute Gasteiger partial charge is 0.329 e. The Balaban J connectivity index is 1.98. The van der Waals surface area contributed by atoms with Crippen LogP contribution in [0.25, 0.3) is 0 Å². The van der Waals surface area contributed by atoms with Gasteiger partial charge in [0.05, 0.1) is 19.0 Å². The largest absolute Gasteiger partial charge is 0.507 e. The maximum absolute atomic E-state index is 11.8. The number of phenolic OH excluding ortho intramolecular Hbond substituents is 1. The van der Waals surface area contributed by atoms with E-state index in [0.29, 0.717) is 22.0 Å². The number of hydrazone groups is 1. The van der Waals surface area contributed by atoms with Crippen LogP contribution in [0.5, 0.6) is 11.5 Å². The zero-order chi connectivity index (χ0) is 17.5. The van der Waals surface area contributed by atoms with Crippen molar-refractivity contribution in [3.8, 4) is 11.5 Å². The van der Waals surface area contributed by atoms with Crippen LogP contribution in [-0.2, 0) is 9.59 Å². The number of halogens is 1. The zero-order valence-corrected chi connectivity index (χ0v) is 13.4. The molecule has 2 rings (SSSR count). The molecule has 24 heavy (non-hydrogen) atoms. The van der Waals surface area contributed by atoms with Crippen molar-refractivity contribution in [1.82, 2.24) is 5.43 Å². The van der Waals surface area contributed by atoms with Crippen molar-refractivity contribution in [1.29, 1.82) is 0 Å². The summed E-state index contributed by atoms with van der Waals surface area (Å²) < 4.78 is 5.07. The summed E-state index contributed by atoms with van der Waals surface area (Å²) >= 11 is 5.79. The molecule has 8 heteroatoms. The Hall–Kier alpha value is -3.06. The Morgan fingerprint density at radius 1 is 1.21 bits per heavy atom. The molecule has 2 aromatic carbocycles. The molecule has 2 aromatic rings. The SMILES string of the molecule is COc1ccccc1NC(=O)C(=O)N/N=C/c1cc(Cl)ccc1O. The molecule has 7 nitrogen and oxygen atoms in total. The molecule has 0 bridgehead atoms. The number of methoxy groups -OCH3 is 1. The van der Waals surface area contributed by atoms with Gasteiger partial charge in [-0.1, -0.05) is 23.7 Å². The van der Waals surface area contributed by atoms with E-state index in [2.05, 4.69) is 15.8 Å². The van der Waals surface area contributed by atoms with Crippen molar-refractivity contribution in [2.75, 3.05) is 12.4 Å². The molecule has 0 aliphatic rings. The highest BCUT2D eigenvalue weighted by atomic mass is 35.5. The van der Waals surface area contributed by atoms with Gasteiger partial charge in [0.15, 0.2) is 0 Å². The van der Waals surface area contributed by atoms with Crippen LogP contribution < -0.4 is 15.5 Å². The third kappa shape index (κ3) is 4.47. The summed E-state index contributed by atoms with van der Waals surface area (Å²) in [7, 11) is 1.45. The number of phenols is 1. The number of benzene rings is 2. The molecule has 2 amide bonds. The van der Waals surface area contributed by atoms with Gasteiger partial charge < -0.3 is 15.2 Å². The van der Waals surface area contributed by atoms with Gasteiger partial charge in [-0.3, -0.25) is 9.59 Å². The highest BCUT2D eigenvalue weighted by Gasteiger charge is 2.14. The minimum absolute atomic E-state index is 0.0594. The van der Waals surface area contributed by atoms with Crippen molar-refractivity contribution >= 4 is 35.3 Å². The third-order valence-electron chi connectivity index (χ3n) is 2.92. The first-order chi connectivity index (χ1) is 11.5. The fourth-order valence-corrected chi connectivity index (χ4v) is 1.95. The van der Waals surface area contributed by atoms with Crippen LogP contribution >= 0.6 is 11.6 Å². The van der Waals surface area contributed by atoms with Crippen LogP contribution in [0.4, 0.5) is 5.69 Å². The number of ether oxygens (including phenoxy) is 1. The summed E-state index contributed by atoms with van der Waals surface area (Å²) in [6.07, 6.45) is 1.18. The predicted octanol–water partition coefficient (Wildman–Crippen LogP) is 2.14. The third-order valence-corrected chi connectivity index (χ3v) is 3.16. The lowest BCUT2D eigenvalue weighted by atomic mass is 10.2. The predicted molar refractivity (Wildman–Crippen MR) is 90.5 cm³/mol. The van der Waals surface area contributed by atoms with Gasteiger partial charge in [-0.2, -0.15) is 5.10 Å². The molecule has 0 saturated carbocycles. The lowest BCUT2D eigenvalue weighted by molar-refractivity contribution is -0.136. The van der Waals surface area contributed by atoms with E-state index in [1.54, 1.807) is 24.3 Å². The quantitative estimate of drug-likeness (QED) is 0.448. The summed E-state index contributed by atoms with van der Waals surface area (Å²) in [4.78, 5) is 23.5. The summed E-state index contributed by atoms with van der Waals surface area (Å²) in [6.45, 7) is 0. The Kier molecular flexibility index (Phi) is 5.75. The minimum Gasteiger partial charge on any atom is -0.507 e. The second kappa shape index (κ2) is 7.98. The molecule has 0 spiro atoms. The standard InChI is InChI=1S/C16H14ClN3O4/c1-24-14-5-3-2-4-12(14)19-15(22)16(23)20-18-9-10-8-11(17)6-7-13(10)21/h2-9,21H,1H3,(H,19,22)(H,20,23)/b18-9+.